The third kappa shape index (κ3) is 2.39. The fourth-order valence-corrected chi connectivity index (χ4v) is 6.11. The average Bonchev–Trinajstić information content (AvgIpc) is 2.96. The fourth-order valence-electron chi connectivity index (χ4n) is 3.93. The van der Waals surface area contributed by atoms with Crippen LogP contribution < -0.4 is 0 Å². The van der Waals surface area contributed by atoms with E-state index >= 15 is 0 Å². The first kappa shape index (κ1) is 12.0. The van der Waals surface area contributed by atoms with Crippen LogP contribution in [0.15, 0.2) is 0 Å². The standard InChI is InChI=1S/C13H23NO2S/c15-17(16)8-6-12-9-14(10-13(12)17)7-5-11-3-1-2-4-11/h11-13H,1-10H2/t12-,13+/m0/s1. The van der Waals surface area contributed by atoms with Crippen molar-refractivity contribution in [2.45, 2.75) is 43.8 Å². The van der Waals surface area contributed by atoms with Gasteiger partial charge in [-0.25, -0.2) is 8.42 Å². The molecule has 1 saturated carbocycles. The predicted octanol–water partition coefficient (Wildman–Crippen LogP) is 1.69. The predicted molar refractivity (Wildman–Crippen MR) is 68.7 cm³/mol. The Kier molecular flexibility index (Phi) is 3.20. The Morgan fingerprint density at radius 2 is 1.82 bits per heavy atom. The molecule has 2 aliphatic heterocycles. The Hall–Kier alpha value is -0.0900. The summed E-state index contributed by atoms with van der Waals surface area (Å²) < 4.78 is 23.6. The molecule has 98 valence electrons. The first-order valence-corrected chi connectivity index (χ1v) is 8.80. The highest BCUT2D eigenvalue weighted by molar-refractivity contribution is 7.92. The van der Waals surface area contributed by atoms with Crippen molar-refractivity contribution in [3.05, 3.63) is 0 Å². The first-order chi connectivity index (χ1) is 8.15. The second-order valence-corrected chi connectivity index (χ2v) is 8.49. The normalized spacial score (nSPS) is 37.6. The van der Waals surface area contributed by atoms with E-state index in [0.717, 1.165) is 32.0 Å². The van der Waals surface area contributed by atoms with Crippen molar-refractivity contribution in [2.75, 3.05) is 25.4 Å². The molecule has 0 spiro atoms. The van der Waals surface area contributed by atoms with Crippen molar-refractivity contribution >= 4 is 9.84 Å². The average molecular weight is 257 g/mol. The number of hydrogen-bond donors (Lipinski definition) is 0. The Bertz CT molecular complexity index is 373. The van der Waals surface area contributed by atoms with Gasteiger partial charge in [0.1, 0.15) is 0 Å². The molecule has 0 aromatic rings. The molecule has 2 heterocycles. The number of likely N-dealkylation sites (tertiary alicyclic amines) is 1. The molecule has 0 N–H and O–H groups in total. The summed E-state index contributed by atoms with van der Waals surface area (Å²) in [6.07, 6.45) is 7.82. The lowest BCUT2D eigenvalue weighted by atomic mass is 10.0. The van der Waals surface area contributed by atoms with Gasteiger partial charge in [-0.1, -0.05) is 25.7 Å². The summed E-state index contributed by atoms with van der Waals surface area (Å²) in [4.78, 5) is 2.41. The minimum absolute atomic E-state index is 0.0221. The van der Waals surface area contributed by atoms with E-state index in [1.54, 1.807) is 0 Å². The number of fused-ring (bicyclic) bond motifs is 1. The van der Waals surface area contributed by atoms with Crippen LogP contribution in [0.2, 0.25) is 0 Å². The lowest BCUT2D eigenvalue weighted by Crippen LogP contribution is -2.28. The molecule has 3 aliphatic rings. The van der Waals surface area contributed by atoms with Crippen LogP contribution in [-0.4, -0.2) is 44.0 Å². The first-order valence-electron chi connectivity index (χ1n) is 7.09. The highest BCUT2D eigenvalue weighted by Gasteiger charge is 2.45. The summed E-state index contributed by atoms with van der Waals surface area (Å²) in [5.74, 6) is 1.81. The highest BCUT2D eigenvalue weighted by Crippen LogP contribution is 2.34. The SMILES string of the molecule is O=S1(=O)CC[C@H]2CN(CCC3CCCC3)C[C@H]21. The van der Waals surface area contributed by atoms with Gasteiger partial charge < -0.3 is 4.90 Å². The molecule has 17 heavy (non-hydrogen) atoms. The minimum Gasteiger partial charge on any atom is -0.302 e. The van der Waals surface area contributed by atoms with Gasteiger partial charge in [-0.15, -0.1) is 0 Å². The van der Waals surface area contributed by atoms with Crippen molar-refractivity contribution in [1.82, 2.24) is 4.90 Å². The van der Waals surface area contributed by atoms with Crippen molar-refractivity contribution < 1.29 is 8.42 Å². The van der Waals surface area contributed by atoms with Crippen molar-refractivity contribution in [1.29, 1.82) is 0 Å². The summed E-state index contributed by atoms with van der Waals surface area (Å²) in [6.45, 7) is 2.99. The highest BCUT2D eigenvalue weighted by atomic mass is 32.2. The summed E-state index contributed by atoms with van der Waals surface area (Å²) in [5, 5.41) is -0.0221. The van der Waals surface area contributed by atoms with Crippen molar-refractivity contribution in [2.24, 2.45) is 11.8 Å². The number of nitrogens with zero attached hydrogens (tertiary/aromatic N) is 1. The van der Waals surface area contributed by atoms with Crippen LogP contribution in [0, 0.1) is 11.8 Å². The molecule has 3 fully saturated rings. The summed E-state index contributed by atoms with van der Waals surface area (Å²) in [7, 11) is -2.74. The Morgan fingerprint density at radius 3 is 2.53 bits per heavy atom. The zero-order valence-electron chi connectivity index (χ0n) is 10.5. The lowest BCUT2D eigenvalue weighted by Gasteiger charge is -2.18. The van der Waals surface area contributed by atoms with E-state index in [1.807, 2.05) is 0 Å². The van der Waals surface area contributed by atoms with E-state index in [2.05, 4.69) is 4.90 Å². The van der Waals surface area contributed by atoms with Crippen LogP contribution in [0.4, 0.5) is 0 Å². The molecule has 2 saturated heterocycles. The largest absolute Gasteiger partial charge is 0.302 e. The van der Waals surface area contributed by atoms with Crippen molar-refractivity contribution in [3.8, 4) is 0 Å². The molecular weight excluding hydrogens is 234 g/mol. The fraction of sp³-hybridized carbons (Fsp3) is 1.00. The smallest absolute Gasteiger partial charge is 0.154 e. The van der Waals surface area contributed by atoms with Gasteiger partial charge in [-0.2, -0.15) is 0 Å². The topological polar surface area (TPSA) is 37.4 Å². The van der Waals surface area contributed by atoms with Crippen LogP contribution in [-0.2, 0) is 9.84 Å². The zero-order chi connectivity index (χ0) is 11.9. The van der Waals surface area contributed by atoms with Crippen LogP contribution >= 0.6 is 0 Å². The van der Waals surface area contributed by atoms with E-state index in [1.165, 1.54) is 32.1 Å². The van der Waals surface area contributed by atoms with Crippen LogP contribution in [0.25, 0.3) is 0 Å². The molecular formula is C13H23NO2S. The molecule has 0 radical (unpaired) electrons. The van der Waals surface area contributed by atoms with E-state index in [9.17, 15) is 8.42 Å². The van der Waals surface area contributed by atoms with Gasteiger partial charge in [0.2, 0.25) is 0 Å². The maximum Gasteiger partial charge on any atom is 0.154 e. The maximum absolute atomic E-state index is 11.8. The van der Waals surface area contributed by atoms with E-state index in [4.69, 9.17) is 0 Å². The molecule has 0 bridgehead atoms. The number of sulfone groups is 1. The van der Waals surface area contributed by atoms with Gasteiger partial charge in [0.05, 0.1) is 11.0 Å². The van der Waals surface area contributed by atoms with Crippen LogP contribution in [0.3, 0.4) is 0 Å². The van der Waals surface area contributed by atoms with Gasteiger partial charge in [0.15, 0.2) is 9.84 Å². The summed E-state index contributed by atoms with van der Waals surface area (Å²) in [5.41, 5.74) is 0. The molecule has 0 aromatic carbocycles. The molecule has 0 unspecified atom stereocenters. The second kappa shape index (κ2) is 4.54. The molecule has 0 aromatic heterocycles. The van der Waals surface area contributed by atoms with Gasteiger partial charge in [0.25, 0.3) is 0 Å². The molecule has 3 nitrogen and oxygen atoms in total. The van der Waals surface area contributed by atoms with Crippen LogP contribution in [0.1, 0.15) is 38.5 Å². The van der Waals surface area contributed by atoms with Crippen molar-refractivity contribution in [3.63, 3.8) is 0 Å². The molecule has 1 aliphatic carbocycles. The maximum atomic E-state index is 11.8. The molecule has 4 heteroatoms. The van der Waals surface area contributed by atoms with Crippen LogP contribution in [0.5, 0.6) is 0 Å². The van der Waals surface area contributed by atoms with E-state index in [0.29, 0.717) is 11.7 Å². The third-order valence-electron chi connectivity index (χ3n) is 5.02. The van der Waals surface area contributed by atoms with Gasteiger partial charge >= 0.3 is 0 Å². The molecule has 2 atom stereocenters. The summed E-state index contributed by atoms with van der Waals surface area (Å²) >= 11 is 0. The van der Waals surface area contributed by atoms with Gasteiger partial charge in [-0.05, 0) is 31.2 Å². The second-order valence-electron chi connectivity index (χ2n) is 6.15. The lowest BCUT2D eigenvalue weighted by molar-refractivity contribution is 0.291. The Labute approximate surface area is 104 Å². The van der Waals surface area contributed by atoms with Gasteiger partial charge in [-0.3, -0.25) is 0 Å². The quantitative estimate of drug-likeness (QED) is 0.772. The molecule has 0 amide bonds. The number of hydrogen-bond acceptors (Lipinski definition) is 3. The van der Waals surface area contributed by atoms with E-state index < -0.39 is 9.84 Å². The molecule has 3 rings (SSSR count). The Morgan fingerprint density at radius 1 is 1.06 bits per heavy atom. The monoisotopic (exact) mass is 257 g/mol. The third-order valence-corrected chi connectivity index (χ3v) is 7.28. The zero-order valence-corrected chi connectivity index (χ0v) is 11.3. The Balaban J connectivity index is 1.51. The van der Waals surface area contributed by atoms with E-state index in [-0.39, 0.29) is 5.25 Å². The minimum atomic E-state index is -2.74. The number of rotatable bonds is 3. The van der Waals surface area contributed by atoms with Gasteiger partial charge in [0, 0.05) is 13.1 Å². The summed E-state index contributed by atoms with van der Waals surface area (Å²) in [6, 6.07) is 0.